The SMILES string of the molecule is OC1CCC(N2CC[C@H](Nc3nccc(N4CCCCCC4)n3)[C@H]2CCCN2CCCCCC2)CC1. The standard InChI is InChI=1S/C29H50N6O/c36-25-13-11-24(12-14-25)35-23-16-26(27(35)10-9-20-33-18-5-1-2-6-19-33)31-29-30-17-15-28(32-29)34-21-7-3-4-8-22-34/h15,17,24-27,36H,1-14,16,18-23H2,(H,30,31,32)/t24?,25?,26-,27+/m0/s1. The lowest BCUT2D eigenvalue weighted by molar-refractivity contribution is 0.0643. The lowest BCUT2D eigenvalue weighted by Crippen LogP contribution is -2.46. The quantitative estimate of drug-likeness (QED) is 0.540. The Kier molecular flexibility index (Phi) is 9.73. The molecule has 4 heterocycles. The molecular weight excluding hydrogens is 448 g/mol. The molecule has 5 rings (SSSR count). The van der Waals surface area contributed by atoms with E-state index >= 15 is 0 Å². The molecule has 0 bridgehead atoms. The van der Waals surface area contributed by atoms with Crippen LogP contribution in [0.1, 0.15) is 96.3 Å². The number of hydrogen-bond acceptors (Lipinski definition) is 7. The van der Waals surface area contributed by atoms with E-state index < -0.39 is 0 Å². The molecule has 0 unspecified atom stereocenters. The number of aliphatic hydroxyl groups is 1. The summed E-state index contributed by atoms with van der Waals surface area (Å²) >= 11 is 0. The summed E-state index contributed by atoms with van der Waals surface area (Å²) in [5.41, 5.74) is 0. The Morgan fingerprint density at radius 1 is 0.833 bits per heavy atom. The van der Waals surface area contributed by atoms with Gasteiger partial charge in [-0.25, -0.2) is 4.98 Å². The fraction of sp³-hybridized carbons (Fsp3) is 0.862. The van der Waals surface area contributed by atoms with Crippen LogP contribution in [0.4, 0.5) is 11.8 Å². The maximum Gasteiger partial charge on any atom is 0.224 e. The largest absolute Gasteiger partial charge is 0.393 e. The number of rotatable bonds is 8. The Morgan fingerprint density at radius 3 is 2.25 bits per heavy atom. The van der Waals surface area contributed by atoms with Crippen molar-refractivity contribution >= 4 is 11.8 Å². The molecule has 3 saturated heterocycles. The molecule has 1 aromatic rings. The van der Waals surface area contributed by atoms with Gasteiger partial charge in [0.2, 0.25) is 5.95 Å². The zero-order valence-corrected chi connectivity index (χ0v) is 22.5. The van der Waals surface area contributed by atoms with E-state index in [4.69, 9.17) is 4.98 Å². The number of nitrogens with zero attached hydrogens (tertiary/aromatic N) is 5. The van der Waals surface area contributed by atoms with Crippen LogP contribution in [0.15, 0.2) is 12.3 Å². The van der Waals surface area contributed by atoms with Gasteiger partial charge in [0.05, 0.1) is 6.10 Å². The summed E-state index contributed by atoms with van der Waals surface area (Å²) in [5, 5.41) is 13.9. The first-order chi connectivity index (χ1) is 17.8. The number of hydrogen-bond donors (Lipinski definition) is 2. The van der Waals surface area contributed by atoms with Crippen molar-refractivity contribution in [2.75, 3.05) is 49.5 Å². The monoisotopic (exact) mass is 498 g/mol. The molecule has 7 heteroatoms. The number of nitrogens with one attached hydrogen (secondary N) is 1. The second-order valence-electron chi connectivity index (χ2n) is 11.8. The minimum atomic E-state index is -0.0885. The van der Waals surface area contributed by atoms with Crippen LogP contribution in [0, 0.1) is 0 Å². The van der Waals surface area contributed by atoms with Crippen molar-refractivity contribution < 1.29 is 5.11 Å². The summed E-state index contributed by atoms with van der Waals surface area (Å²) in [6, 6.07) is 3.64. The highest BCUT2D eigenvalue weighted by molar-refractivity contribution is 5.43. The molecular formula is C29H50N6O. The van der Waals surface area contributed by atoms with E-state index in [0.29, 0.717) is 18.1 Å². The fourth-order valence-electron chi connectivity index (χ4n) is 7.20. The first-order valence-corrected chi connectivity index (χ1v) is 15.3. The van der Waals surface area contributed by atoms with Gasteiger partial charge in [-0.2, -0.15) is 4.98 Å². The van der Waals surface area contributed by atoms with Gasteiger partial charge in [0.25, 0.3) is 0 Å². The van der Waals surface area contributed by atoms with E-state index in [1.54, 1.807) is 0 Å². The molecule has 0 spiro atoms. The molecule has 0 radical (unpaired) electrons. The van der Waals surface area contributed by atoms with E-state index in [9.17, 15) is 5.11 Å². The molecule has 1 aromatic heterocycles. The van der Waals surface area contributed by atoms with Gasteiger partial charge in [0, 0.05) is 44.0 Å². The van der Waals surface area contributed by atoms with Crippen LogP contribution in [0.5, 0.6) is 0 Å². The Morgan fingerprint density at radius 2 is 1.53 bits per heavy atom. The van der Waals surface area contributed by atoms with Crippen molar-refractivity contribution in [2.24, 2.45) is 0 Å². The van der Waals surface area contributed by atoms with E-state index in [0.717, 1.165) is 63.5 Å². The smallest absolute Gasteiger partial charge is 0.224 e. The van der Waals surface area contributed by atoms with Crippen molar-refractivity contribution in [3.63, 3.8) is 0 Å². The van der Waals surface area contributed by atoms with Crippen molar-refractivity contribution in [1.82, 2.24) is 19.8 Å². The Bertz CT molecular complexity index is 769. The van der Waals surface area contributed by atoms with E-state index in [1.165, 1.54) is 83.8 Å². The molecule has 1 saturated carbocycles. The van der Waals surface area contributed by atoms with Gasteiger partial charge in [-0.05, 0) is 96.3 Å². The fourth-order valence-corrected chi connectivity index (χ4v) is 7.20. The van der Waals surface area contributed by atoms with Crippen LogP contribution < -0.4 is 10.2 Å². The van der Waals surface area contributed by atoms with Crippen molar-refractivity contribution in [1.29, 1.82) is 0 Å². The van der Waals surface area contributed by atoms with Gasteiger partial charge in [0.1, 0.15) is 5.82 Å². The van der Waals surface area contributed by atoms with Gasteiger partial charge < -0.3 is 20.2 Å². The predicted molar refractivity (Wildman–Crippen MR) is 148 cm³/mol. The molecule has 2 atom stereocenters. The molecule has 4 aliphatic rings. The number of aliphatic hydroxyl groups excluding tert-OH is 1. The number of aromatic nitrogens is 2. The van der Waals surface area contributed by atoms with E-state index in [1.807, 2.05) is 6.20 Å². The van der Waals surface area contributed by atoms with Crippen LogP contribution in [-0.2, 0) is 0 Å². The average molecular weight is 499 g/mol. The Labute approximate surface area is 219 Å². The van der Waals surface area contributed by atoms with Gasteiger partial charge >= 0.3 is 0 Å². The van der Waals surface area contributed by atoms with Gasteiger partial charge in [-0.15, -0.1) is 0 Å². The summed E-state index contributed by atoms with van der Waals surface area (Å²) in [4.78, 5) is 17.6. The van der Waals surface area contributed by atoms with Gasteiger partial charge in [-0.1, -0.05) is 25.7 Å². The third kappa shape index (κ3) is 7.11. The average Bonchev–Trinajstić information content (AvgIpc) is 3.11. The molecule has 2 N–H and O–H groups in total. The van der Waals surface area contributed by atoms with Crippen LogP contribution in [-0.4, -0.2) is 88.4 Å². The second-order valence-corrected chi connectivity index (χ2v) is 11.8. The first kappa shape index (κ1) is 26.2. The minimum absolute atomic E-state index is 0.0885. The third-order valence-electron chi connectivity index (χ3n) is 9.28. The second kappa shape index (κ2) is 13.4. The van der Waals surface area contributed by atoms with Crippen molar-refractivity contribution in [2.45, 2.75) is 121 Å². The molecule has 7 nitrogen and oxygen atoms in total. The topological polar surface area (TPSA) is 67.8 Å². The number of anilines is 2. The summed E-state index contributed by atoms with van der Waals surface area (Å²) in [6.45, 7) is 7.18. The van der Waals surface area contributed by atoms with Gasteiger partial charge in [0.15, 0.2) is 0 Å². The van der Waals surface area contributed by atoms with Gasteiger partial charge in [-0.3, -0.25) is 4.90 Å². The zero-order valence-electron chi connectivity index (χ0n) is 22.5. The molecule has 3 aliphatic heterocycles. The normalized spacial score (nSPS) is 31.2. The Hall–Kier alpha value is -1.44. The maximum atomic E-state index is 10.1. The summed E-state index contributed by atoms with van der Waals surface area (Å²) in [5.74, 6) is 1.89. The molecule has 36 heavy (non-hydrogen) atoms. The predicted octanol–water partition coefficient (Wildman–Crippen LogP) is 4.67. The summed E-state index contributed by atoms with van der Waals surface area (Å²) in [7, 11) is 0. The minimum Gasteiger partial charge on any atom is -0.393 e. The highest BCUT2D eigenvalue weighted by Gasteiger charge is 2.39. The van der Waals surface area contributed by atoms with E-state index in [-0.39, 0.29) is 6.10 Å². The highest BCUT2D eigenvalue weighted by atomic mass is 16.3. The summed E-state index contributed by atoms with van der Waals surface area (Å²) in [6.07, 6.45) is 20.5. The Balaban J connectivity index is 1.23. The molecule has 4 fully saturated rings. The summed E-state index contributed by atoms with van der Waals surface area (Å²) < 4.78 is 0. The lowest BCUT2D eigenvalue weighted by Gasteiger charge is -2.38. The zero-order chi connectivity index (χ0) is 24.6. The maximum absolute atomic E-state index is 10.1. The molecule has 0 amide bonds. The van der Waals surface area contributed by atoms with E-state index in [2.05, 4.69) is 31.1 Å². The molecule has 202 valence electrons. The number of likely N-dealkylation sites (tertiary alicyclic amines) is 2. The van der Waals surface area contributed by atoms with Crippen LogP contribution in [0.3, 0.4) is 0 Å². The van der Waals surface area contributed by atoms with Crippen LogP contribution in [0.2, 0.25) is 0 Å². The third-order valence-corrected chi connectivity index (χ3v) is 9.28. The van der Waals surface area contributed by atoms with Crippen molar-refractivity contribution in [3.05, 3.63) is 12.3 Å². The molecule has 0 aromatic carbocycles. The highest BCUT2D eigenvalue weighted by Crippen LogP contribution is 2.33. The van der Waals surface area contributed by atoms with Crippen molar-refractivity contribution in [3.8, 4) is 0 Å². The first-order valence-electron chi connectivity index (χ1n) is 15.3. The lowest BCUT2D eigenvalue weighted by atomic mass is 9.91. The molecule has 1 aliphatic carbocycles. The van der Waals surface area contributed by atoms with Crippen LogP contribution in [0.25, 0.3) is 0 Å². The van der Waals surface area contributed by atoms with Crippen LogP contribution >= 0.6 is 0 Å².